The Bertz CT molecular complexity index is 371. The highest BCUT2D eigenvalue weighted by molar-refractivity contribution is 5.46. The quantitative estimate of drug-likeness (QED) is 0.597. The van der Waals surface area contributed by atoms with E-state index in [1.165, 1.54) is 0 Å². The van der Waals surface area contributed by atoms with Crippen molar-refractivity contribution in [1.29, 1.82) is 0 Å². The van der Waals surface area contributed by atoms with Gasteiger partial charge in [0, 0.05) is 38.9 Å². The van der Waals surface area contributed by atoms with E-state index in [1.54, 1.807) is 13.4 Å². The number of hydrogen-bond acceptors (Lipinski definition) is 7. The molecule has 1 atom stereocenters. The first kappa shape index (κ1) is 14.0. The second-order valence-corrected chi connectivity index (χ2v) is 4.31. The van der Waals surface area contributed by atoms with Crippen molar-refractivity contribution in [2.24, 2.45) is 0 Å². The summed E-state index contributed by atoms with van der Waals surface area (Å²) in [5.41, 5.74) is 0. The van der Waals surface area contributed by atoms with Crippen molar-refractivity contribution >= 4 is 11.6 Å². The number of methoxy groups -OCH3 is 1. The molecule has 0 spiro atoms. The molecule has 2 rings (SSSR count). The van der Waals surface area contributed by atoms with Crippen LogP contribution in [0.2, 0.25) is 0 Å². The van der Waals surface area contributed by atoms with E-state index in [9.17, 15) is 0 Å². The Hall–Kier alpha value is -1.44. The standard InChI is InChI=1S/C12H21N5O2/c1-18-4-2-14-11-6-12(17-9-16-11)15-7-10-8-19-5-3-13-10/h6,9-10,13H,2-5,7-8H2,1H3,(H2,14,15,16,17). The maximum atomic E-state index is 5.40. The van der Waals surface area contributed by atoms with E-state index < -0.39 is 0 Å². The average molecular weight is 267 g/mol. The monoisotopic (exact) mass is 267 g/mol. The van der Waals surface area contributed by atoms with Crippen LogP contribution in [0.4, 0.5) is 11.6 Å². The normalized spacial score (nSPS) is 19.1. The zero-order valence-electron chi connectivity index (χ0n) is 11.2. The van der Waals surface area contributed by atoms with Gasteiger partial charge < -0.3 is 25.4 Å². The Balaban J connectivity index is 1.77. The molecule has 7 heteroatoms. The highest BCUT2D eigenvalue weighted by atomic mass is 16.5. The van der Waals surface area contributed by atoms with E-state index >= 15 is 0 Å². The largest absolute Gasteiger partial charge is 0.383 e. The molecule has 0 aliphatic carbocycles. The first-order valence-corrected chi connectivity index (χ1v) is 6.48. The van der Waals surface area contributed by atoms with Crippen LogP contribution in [-0.4, -0.2) is 62.6 Å². The molecule has 0 saturated carbocycles. The topological polar surface area (TPSA) is 80.3 Å². The summed E-state index contributed by atoms with van der Waals surface area (Å²) in [4.78, 5) is 8.34. The summed E-state index contributed by atoms with van der Waals surface area (Å²) >= 11 is 0. The van der Waals surface area contributed by atoms with Gasteiger partial charge in [0.2, 0.25) is 0 Å². The molecular formula is C12H21N5O2. The van der Waals surface area contributed by atoms with E-state index in [1.807, 2.05) is 6.07 Å². The van der Waals surface area contributed by atoms with Crippen molar-refractivity contribution in [2.45, 2.75) is 6.04 Å². The van der Waals surface area contributed by atoms with Crippen LogP contribution in [0.3, 0.4) is 0 Å². The second kappa shape index (κ2) is 7.88. The molecule has 2 heterocycles. The predicted molar refractivity (Wildman–Crippen MR) is 73.5 cm³/mol. The zero-order valence-corrected chi connectivity index (χ0v) is 11.2. The van der Waals surface area contributed by atoms with Crippen molar-refractivity contribution in [3.63, 3.8) is 0 Å². The fraction of sp³-hybridized carbons (Fsp3) is 0.667. The molecule has 1 aliphatic rings. The van der Waals surface area contributed by atoms with Crippen LogP contribution in [0.15, 0.2) is 12.4 Å². The Morgan fingerprint density at radius 1 is 1.42 bits per heavy atom. The van der Waals surface area contributed by atoms with Crippen LogP contribution in [0, 0.1) is 0 Å². The molecule has 1 saturated heterocycles. The van der Waals surface area contributed by atoms with Gasteiger partial charge in [-0.25, -0.2) is 9.97 Å². The van der Waals surface area contributed by atoms with Crippen molar-refractivity contribution in [1.82, 2.24) is 15.3 Å². The highest BCUT2D eigenvalue weighted by Crippen LogP contribution is 2.08. The lowest BCUT2D eigenvalue weighted by molar-refractivity contribution is 0.0806. The van der Waals surface area contributed by atoms with Crippen molar-refractivity contribution < 1.29 is 9.47 Å². The summed E-state index contributed by atoms with van der Waals surface area (Å²) in [5, 5.41) is 9.83. The molecule has 0 bridgehead atoms. The Morgan fingerprint density at radius 2 is 2.26 bits per heavy atom. The number of nitrogens with zero attached hydrogens (tertiary/aromatic N) is 2. The third-order valence-corrected chi connectivity index (χ3v) is 2.81. The van der Waals surface area contributed by atoms with Gasteiger partial charge in [-0.3, -0.25) is 0 Å². The predicted octanol–water partition coefficient (Wildman–Crippen LogP) is -0.0648. The zero-order chi connectivity index (χ0) is 13.3. The van der Waals surface area contributed by atoms with Gasteiger partial charge in [0.1, 0.15) is 18.0 Å². The van der Waals surface area contributed by atoms with Gasteiger partial charge in [-0.15, -0.1) is 0 Å². The number of anilines is 2. The van der Waals surface area contributed by atoms with E-state index in [0.717, 1.165) is 44.5 Å². The van der Waals surface area contributed by atoms with E-state index in [2.05, 4.69) is 25.9 Å². The minimum Gasteiger partial charge on any atom is -0.383 e. The Labute approximate surface area is 113 Å². The van der Waals surface area contributed by atoms with Gasteiger partial charge in [0.05, 0.1) is 19.8 Å². The maximum absolute atomic E-state index is 5.40. The molecule has 1 aromatic rings. The van der Waals surface area contributed by atoms with Gasteiger partial charge in [-0.2, -0.15) is 0 Å². The second-order valence-electron chi connectivity index (χ2n) is 4.31. The van der Waals surface area contributed by atoms with Crippen LogP contribution in [0.5, 0.6) is 0 Å². The molecule has 106 valence electrons. The first-order chi connectivity index (χ1) is 9.38. The number of ether oxygens (including phenoxy) is 2. The fourth-order valence-corrected chi connectivity index (χ4v) is 1.81. The minimum absolute atomic E-state index is 0.327. The molecule has 3 N–H and O–H groups in total. The summed E-state index contributed by atoms with van der Waals surface area (Å²) < 4.78 is 10.4. The van der Waals surface area contributed by atoms with Crippen LogP contribution in [-0.2, 0) is 9.47 Å². The van der Waals surface area contributed by atoms with Gasteiger partial charge in [-0.1, -0.05) is 0 Å². The molecule has 7 nitrogen and oxygen atoms in total. The molecule has 19 heavy (non-hydrogen) atoms. The lowest BCUT2D eigenvalue weighted by Crippen LogP contribution is -2.45. The fourth-order valence-electron chi connectivity index (χ4n) is 1.81. The molecule has 1 fully saturated rings. The molecule has 0 aromatic carbocycles. The molecule has 1 unspecified atom stereocenters. The van der Waals surface area contributed by atoms with Crippen LogP contribution >= 0.6 is 0 Å². The van der Waals surface area contributed by atoms with Gasteiger partial charge >= 0.3 is 0 Å². The van der Waals surface area contributed by atoms with Crippen molar-refractivity contribution in [2.75, 3.05) is 57.2 Å². The highest BCUT2D eigenvalue weighted by Gasteiger charge is 2.12. The van der Waals surface area contributed by atoms with Crippen LogP contribution < -0.4 is 16.0 Å². The summed E-state index contributed by atoms with van der Waals surface area (Å²) in [6, 6.07) is 2.22. The van der Waals surface area contributed by atoms with Crippen LogP contribution in [0.1, 0.15) is 0 Å². The summed E-state index contributed by atoms with van der Waals surface area (Å²) in [6.07, 6.45) is 1.54. The minimum atomic E-state index is 0.327. The number of aromatic nitrogens is 2. The summed E-state index contributed by atoms with van der Waals surface area (Å²) in [7, 11) is 1.67. The molecule has 0 radical (unpaired) electrons. The summed E-state index contributed by atoms with van der Waals surface area (Å²) in [5.74, 6) is 1.60. The van der Waals surface area contributed by atoms with Gasteiger partial charge in [-0.05, 0) is 0 Å². The number of morpholine rings is 1. The van der Waals surface area contributed by atoms with E-state index in [4.69, 9.17) is 9.47 Å². The Morgan fingerprint density at radius 3 is 3.00 bits per heavy atom. The van der Waals surface area contributed by atoms with E-state index in [-0.39, 0.29) is 0 Å². The number of nitrogens with one attached hydrogen (secondary N) is 3. The van der Waals surface area contributed by atoms with Gasteiger partial charge in [0.15, 0.2) is 0 Å². The summed E-state index contributed by atoms with van der Waals surface area (Å²) in [6.45, 7) is 4.59. The smallest absolute Gasteiger partial charge is 0.131 e. The third kappa shape index (κ3) is 4.98. The van der Waals surface area contributed by atoms with Gasteiger partial charge in [0.25, 0.3) is 0 Å². The van der Waals surface area contributed by atoms with E-state index in [0.29, 0.717) is 12.6 Å². The molecule has 1 aliphatic heterocycles. The SMILES string of the molecule is COCCNc1cc(NCC2COCCN2)ncn1. The van der Waals surface area contributed by atoms with Crippen molar-refractivity contribution in [3.8, 4) is 0 Å². The first-order valence-electron chi connectivity index (χ1n) is 6.48. The van der Waals surface area contributed by atoms with Crippen LogP contribution in [0.25, 0.3) is 0 Å². The molecule has 0 amide bonds. The molecular weight excluding hydrogens is 246 g/mol. The van der Waals surface area contributed by atoms with Crippen molar-refractivity contribution in [3.05, 3.63) is 12.4 Å². The third-order valence-electron chi connectivity index (χ3n) is 2.81. The number of rotatable bonds is 7. The Kier molecular flexibility index (Phi) is 5.80. The lowest BCUT2D eigenvalue weighted by atomic mass is 10.3. The maximum Gasteiger partial charge on any atom is 0.131 e. The molecule has 1 aromatic heterocycles. The average Bonchev–Trinajstić information content (AvgIpc) is 2.47. The number of hydrogen-bond donors (Lipinski definition) is 3. The lowest BCUT2D eigenvalue weighted by Gasteiger charge is -2.24.